The van der Waals surface area contributed by atoms with Crippen molar-refractivity contribution in [2.45, 2.75) is 0 Å². The van der Waals surface area contributed by atoms with E-state index in [-0.39, 0.29) is 0 Å². The molecule has 0 saturated heterocycles. The van der Waals surface area contributed by atoms with Gasteiger partial charge in [0.25, 0.3) is 0 Å². The van der Waals surface area contributed by atoms with Gasteiger partial charge in [0.15, 0.2) is 23.0 Å². The molecule has 0 atom stereocenters. The molecule has 2 heterocycles. The van der Waals surface area contributed by atoms with E-state index >= 15 is 0 Å². The lowest BCUT2D eigenvalue weighted by molar-refractivity contribution is 0.477. The summed E-state index contributed by atoms with van der Waals surface area (Å²) < 4.78 is 12.8. The summed E-state index contributed by atoms with van der Waals surface area (Å²) in [5.41, 5.74) is 10.9. The monoisotopic (exact) mass is 692 g/mol. The van der Waals surface area contributed by atoms with Crippen LogP contribution in [0.15, 0.2) is 194 Å². The summed E-state index contributed by atoms with van der Waals surface area (Å²) in [6, 6.07) is 68.6. The number of anilines is 6. The van der Waals surface area contributed by atoms with Crippen LogP contribution in [0.2, 0.25) is 0 Å². The van der Waals surface area contributed by atoms with Crippen LogP contribution in [0.1, 0.15) is 0 Å². The lowest BCUT2D eigenvalue weighted by Crippen LogP contribution is -2.16. The lowest BCUT2D eigenvalue weighted by atomic mass is 9.85. The summed E-state index contributed by atoms with van der Waals surface area (Å²) in [5.74, 6) is 3.33. The highest BCUT2D eigenvalue weighted by Gasteiger charge is 2.28. The van der Waals surface area contributed by atoms with E-state index in [1.54, 1.807) is 0 Å². The van der Waals surface area contributed by atoms with E-state index in [1.807, 2.05) is 48.5 Å². The van der Waals surface area contributed by atoms with Crippen LogP contribution in [0.3, 0.4) is 0 Å². The molecule has 0 aliphatic carbocycles. The standard InChI is InChI=1S/C50H32N2O2/c1-3-15-33(16-4-1)49-37-29-27-35(51-41-19-7-11-23-45(41)53-46-24-12-8-20-42(46)51)31-39(37)50(34-17-5-2-6-18-34)40-32-36(28-30-38(40)49)52-43-21-9-13-25-47(43)54-48-26-14-10-22-44(48)52/h1-32H. The molecule has 2 aliphatic rings. The minimum atomic E-state index is 0.832. The Labute approximate surface area is 313 Å². The molecule has 0 radical (unpaired) electrons. The number of hydrogen-bond donors (Lipinski definition) is 0. The molecule has 4 nitrogen and oxygen atoms in total. The molecule has 54 heavy (non-hydrogen) atoms. The molecule has 0 unspecified atom stereocenters. The Hall–Kier alpha value is -7.30. The lowest BCUT2D eigenvalue weighted by Gasteiger charge is -2.33. The van der Waals surface area contributed by atoms with Gasteiger partial charge in [0.05, 0.1) is 22.7 Å². The van der Waals surface area contributed by atoms with Crippen LogP contribution in [0.5, 0.6) is 23.0 Å². The van der Waals surface area contributed by atoms with E-state index < -0.39 is 0 Å². The van der Waals surface area contributed by atoms with E-state index in [0.29, 0.717) is 0 Å². The summed E-state index contributed by atoms with van der Waals surface area (Å²) in [7, 11) is 0. The number of ether oxygens (including phenoxy) is 2. The average molecular weight is 693 g/mol. The minimum absolute atomic E-state index is 0.832. The van der Waals surface area contributed by atoms with Gasteiger partial charge in [-0.05, 0) is 117 Å². The van der Waals surface area contributed by atoms with Crippen molar-refractivity contribution in [3.8, 4) is 45.3 Å². The zero-order valence-corrected chi connectivity index (χ0v) is 29.2. The van der Waals surface area contributed by atoms with Gasteiger partial charge in [-0.3, -0.25) is 0 Å². The van der Waals surface area contributed by atoms with Crippen molar-refractivity contribution in [3.63, 3.8) is 0 Å². The third-order valence-corrected chi connectivity index (χ3v) is 10.6. The fraction of sp³-hybridized carbons (Fsp3) is 0. The van der Waals surface area contributed by atoms with Gasteiger partial charge >= 0.3 is 0 Å². The number of fused-ring (bicyclic) bond motifs is 6. The maximum atomic E-state index is 6.41. The fourth-order valence-electron chi connectivity index (χ4n) is 8.28. The Morgan fingerprint density at radius 2 is 0.593 bits per heavy atom. The van der Waals surface area contributed by atoms with Gasteiger partial charge in [0, 0.05) is 11.4 Å². The highest BCUT2D eigenvalue weighted by atomic mass is 16.5. The first-order valence-electron chi connectivity index (χ1n) is 18.3. The Bertz CT molecular complexity index is 2650. The predicted molar refractivity (Wildman–Crippen MR) is 222 cm³/mol. The van der Waals surface area contributed by atoms with Gasteiger partial charge in [-0.15, -0.1) is 0 Å². The van der Waals surface area contributed by atoms with Crippen LogP contribution in [0.4, 0.5) is 34.1 Å². The highest BCUT2D eigenvalue weighted by molar-refractivity contribution is 6.22. The molecule has 0 bridgehead atoms. The molecule has 9 aromatic rings. The van der Waals surface area contributed by atoms with Crippen LogP contribution >= 0.6 is 0 Å². The molecular formula is C50H32N2O2. The zero-order valence-electron chi connectivity index (χ0n) is 29.2. The van der Waals surface area contributed by atoms with Crippen LogP contribution in [-0.4, -0.2) is 0 Å². The molecule has 0 N–H and O–H groups in total. The Morgan fingerprint density at radius 1 is 0.278 bits per heavy atom. The summed E-state index contributed by atoms with van der Waals surface area (Å²) >= 11 is 0. The quantitative estimate of drug-likeness (QED) is 0.171. The van der Waals surface area contributed by atoms with Crippen molar-refractivity contribution in [1.29, 1.82) is 0 Å². The molecule has 254 valence electrons. The summed E-state index contributed by atoms with van der Waals surface area (Å²) in [6.07, 6.45) is 0. The smallest absolute Gasteiger partial charge is 0.151 e. The Balaban J connectivity index is 1.24. The Morgan fingerprint density at radius 3 is 0.963 bits per heavy atom. The number of nitrogens with zero attached hydrogens (tertiary/aromatic N) is 2. The van der Waals surface area contributed by atoms with Crippen molar-refractivity contribution in [3.05, 3.63) is 194 Å². The van der Waals surface area contributed by atoms with E-state index in [1.165, 1.54) is 38.2 Å². The van der Waals surface area contributed by atoms with Gasteiger partial charge in [-0.25, -0.2) is 0 Å². The van der Waals surface area contributed by atoms with Crippen molar-refractivity contribution < 1.29 is 9.47 Å². The van der Waals surface area contributed by atoms with Gasteiger partial charge < -0.3 is 19.3 Å². The molecule has 0 fully saturated rings. The summed E-state index contributed by atoms with van der Waals surface area (Å²) in [6.45, 7) is 0. The molecule has 0 saturated carbocycles. The van der Waals surface area contributed by atoms with Crippen LogP contribution in [0, 0.1) is 0 Å². The normalized spacial score (nSPS) is 12.7. The number of rotatable bonds is 4. The first kappa shape index (κ1) is 30.3. The summed E-state index contributed by atoms with van der Waals surface area (Å²) in [4.78, 5) is 4.65. The van der Waals surface area contributed by atoms with Crippen LogP contribution in [-0.2, 0) is 0 Å². The van der Waals surface area contributed by atoms with Gasteiger partial charge in [-0.1, -0.05) is 121 Å². The minimum Gasteiger partial charge on any atom is -0.453 e. The molecule has 0 spiro atoms. The maximum absolute atomic E-state index is 6.41. The largest absolute Gasteiger partial charge is 0.453 e. The highest BCUT2D eigenvalue weighted by Crippen LogP contribution is 2.54. The number of hydrogen-bond acceptors (Lipinski definition) is 4. The van der Waals surface area contributed by atoms with Crippen molar-refractivity contribution >= 4 is 55.7 Å². The van der Waals surface area contributed by atoms with Crippen molar-refractivity contribution in [1.82, 2.24) is 0 Å². The number of para-hydroxylation sites is 8. The van der Waals surface area contributed by atoms with Gasteiger partial charge in [0.2, 0.25) is 0 Å². The summed E-state index contributed by atoms with van der Waals surface area (Å²) in [5, 5.41) is 4.74. The zero-order chi connectivity index (χ0) is 35.6. The Kier molecular flexibility index (Phi) is 6.82. The van der Waals surface area contributed by atoms with Gasteiger partial charge in [-0.2, -0.15) is 0 Å². The van der Waals surface area contributed by atoms with Crippen molar-refractivity contribution in [2.75, 3.05) is 9.80 Å². The third-order valence-electron chi connectivity index (χ3n) is 10.6. The molecule has 9 aromatic carbocycles. The molecule has 4 heteroatoms. The molecule has 11 rings (SSSR count). The SMILES string of the molecule is c1ccc(-c2c3ccc(N4c5ccccc5Oc5ccccc54)cc3c(-c3ccccc3)c3cc(N4c5ccccc5Oc5ccccc54)ccc23)cc1. The number of benzene rings is 9. The second-order valence-corrected chi connectivity index (χ2v) is 13.7. The van der Waals surface area contributed by atoms with Crippen LogP contribution in [0.25, 0.3) is 43.8 Å². The van der Waals surface area contributed by atoms with Crippen molar-refractivity contribution in [2.24, 2.45) is 0 Å². The van der Waals surface area contributed by atoms with E-state index in [0.717, 1.165) is 62.7 Å². The average Bonchev–Trinajstić information content (AvgIpc) is 3.24. The van der Waals surface area contributed by atoms with E-state index in [9.17, 15) is 0 Å². The molecular weight excluding hydrogens is 661 g/mol. The molecule has 0 aromatic heterocycles. The predicted octanol–water partition coefficient (Wildman–Crippen LogP) is 14.5. The van der Waals surface area contributed by atoms with Crippen LogP contribution < -0.4 is 19.3 Å². The fourth-order valence-corrected chi connectivity index (χ4v) is 8.28. The third kappa shape index (κ3) is 4.70. The van der Waals surface area contributed by atoms with E-state index in [2.05, 4.69) is 155 Å². The second kappa shape index (κ2) is 12.1. The molecule has 2 aliphatic heterocycles. The second-order valence-electron chi connectivity index (χ2n) is 13.7. The topological polar surface area (TPSA) is 24.9 Å². The maximum Gasteiger partial charge on any atom is 0.151 e. The molecule has 0 amide bonds. The first-order valence-corrected chi connectivity index (χ1v) is 18.3. The first-order chi connectivity index (χ1) is 26.8. The van der Waals surface area contributed by atoms with Gasteiger partial charge in [0.1, 0.15) is 0 Å². The van der Waals surface area contributed by atoms with E-state index in [4.69, 9.17) is 9.47 Å².